The lowest BCUT2D eigenvalue weighted by molar-refractivity contribution is 0.341. The first kappa shape index (κ1) is 11.9. The van der Waals surface area contributed by atoms with Gasteiger partial charge in [-0.3, -0.25) is 0 Å². The van der Waals surface area contributed by atoms with Gasteiger partial charge in [0.05, 0.1) is 14.7 Å². The molecule has 2 heteroatoms. The van der Waals surface area contributed by atoms with E-state index in [9.17, 15) is 0 Å². The van der Waals surface area contributed by atoms with Gasteiger partial charge in [-0.25, -0.2) is 0 Å². The SMILES string of the molecule is CCC(C)/C(=C/CO)[Si](C)(C)C. The molecule has 0 radical (unpaired) electrons. The molecule has 0 aromatic rings. The van der Waals surface area contributed by atoms with Crippen molar-refractivity contribution >= 4 is 8.07 Å². The maximum atomic E-state index is 8.89. The van der Waals surface area contributed by atoms with Crippen LogP contribution >= 0.6 is 0 Å². The molecule has 0 amide bonds. The smallest absolute Gasteiger partial charge is 0.0724 e. The highest BCUT2D eigenvalue weighted by Crippen LogP contribution is 2.24. The van der Waals surface area contributed by atoms with Gasteiger partial charge in [-0.2, -0.15) is 0 Å². The first-order valence-corrected chi connectivity index (χ1v) is 8.24. The summed E-state index contributed by atoms with van der Waals surface area (Å²) < 4.78 is 0. The second kappa shape index (κ2) is 4.82. The van der Waals surface area contributed by atoms with Crippen LogP contribution in [0.25, 0.3) is 0 Å². The summed E-state index contributed by atoms with van der Waals surface area (Å²) in [5, 5.41) is 10.4. The van der Waals surface area contributed by atoms with Crippen LogP contribution in [0.5, 0.6) is 0 Å². The minimum absolute atomic E-state index is 0.198. The van der Waals surface area contributed by atoms with Crippen LogP contribution in [0.3, 0.4) is 0 Å². The van der Waals surface area contributed by atoms with Crippen LogP contribution in [0.15, 0.2) is 11.3 Å². The Bertz CT molecular complexity index is 156. The van der Waals surface area contributed by atoms with Gasteiger partial charge in [0.1, 0.15) is 0 Å². The Labute approximate surface area is 77.5 Å². The first-order chi connectivity index (χ1) is 5.43. The van der Waals surface area contributed by atoms with Crippen LogP contribution in [-0.2, 0) is 0 Å². The summed E-state index contributed by atoms with van der Waals surface area (Å²) in [4.78, 5) is 0. The van der Waals surface area contributed by atoms with Crippen molar-refractivity contribution in [2.45, 2.75) is 39.9 Å². The molecular weight excluding hydrogens is 164 g/mol. The van der Waals surface area contributed by atoms with Crippen molar-refractivity contribution in [1.82, 2.24) is 0 Å². The monoisotopic (exact) mass is 186 g/mol. The molecule has 1 atom stereocenters. The van der Waals surface area contributed by atoms with E-state index in [1.165, 1.54) is 11.6 Å². The lowest BCUT2D eigenvalue weighted by Gasteiger charge is -2.26. The van der Waals surface area contributed by atoms with E-state index in [0.29, 0.717) is 5.92 Å². The lowest BCUT2D eigenvalue weighted by Crippen LogP contribution is -2.28. The molecule has 1 N–H and O–H groups in total. The van der Waals surface area contributed by atoms with E-state index >= 15 is 0 Å². The Morgan fingerprint density at radius 1 is 1.42 bits per heavy atom. The summed E-state index contributed by atoms with van der Waals surface area (Å²) in [5.74, 6) is 0.642. The highest BCUT2D eigenvalue weighted by molar-refractivity contribution is 6.83. The van der Waals surface area contributed by atoms with Gasteiger partial charge >= 0.3 is 0 Å². The second-order valence-electron chi connectivity index (χ2n) is 4.40. The molecule has 1 unspecified atom stereocenters. The van der Waals surface area contributed by atoms with Gasteiger partial charge in [-0.1, -0.05) is 51.2 Å². The van der Waals surface area contributed by atoms with E-state index in [1.54, 1.807) is 0 Å². The van der Waals surface area contributed by atoms with Crippen molar-refractivity contribution in [2.24, 2.45) is 5.92 Å². The van der Waals surface area contributed by atoms with Crippen LogP contribution in [-0.4, -0.2) is 19.8 Å². The second-order valence-corrected chi connectivity index (χ2v) is 9.48. The van der Waals surface area contributed by atoms with Crippen molar-refractivity contribution in [3.05, 3.63) is 11.3 Å². The van der Waals surface area contributed by atoms with Crippen LogP contribution in [0, 0.1) is 5.92 Å². The van der Waals surface area contributed by atoms with Crippen molar-refractivity contribution in [3.8, 4) is 0 Å². The summed E-state index contributed by atoms with van der Waals surface area (Å²) in [7, 11) is -1.19. The van der Waals surface area contributed by atoms with E-state index in [4.69, 9.17) is 5.11 Å². The molecule has 0 spiro atoms. The number of rotatable bonds is 4. The van der Waals surface area contributed by atoms with Crippen molar-refractivity contribution in [3.63, 3.8) is 0 Å². The number of hydrogen-bond acceptors (Lipinski definition) is 1. The zero-order valence-corrected chi connectivity index (χ0v) is 10.0. The van der Waals surface area contributed by atoms with Gasteiger partial charge in [0.25, 0.3) is 0 Å². The largest absolute Gasteiger partial charge is 0.392 e. The topological polar surface area (TPSA) is 20.2 Å². The minimum atomic E-state index is -1.19. The Morgan fingerprint density at radius 2 is 1.92 bits per heavy atom. The van der Waals surface area contributed by atoms with Gasteiger partial charge in [-0.05, 0) is 5.92 Å². The minimum Gasteiger partial charge on any atom is -0.392 e. The van der Waals surface area contributed by atoms with Crippen LogP contribution in [0.2, 0.25) is 19.6 Å². The molecule has 0 fully saturated rings. The number of aliphatic hydroxyl groups is 1. The van der Waals surface area contributed by atoms with Crippen LogP contribution in [0.4, 0.5) is 0 Å². The van der Waals surface area contributed by atoms with Crippen molar-refractivity contribution in [1.29, 1.82) is 0 Å². The Hall–Kier alpha value is -0.0831. The van der Waals surface area contributed by atoms with Gasteiger partial charge < -0.3 is 5.11 Å². The summed E-state index contributed by atoms with van der Waals surface area (Å²) >= 11 is 0. The molecule has 12 heavy (non-hydrogen) atoms. The molecule has 0 rings (SSSR count). The molecular formula is C10H22OSi. The van der Waals surface area contributed by atoms with E-state index in [-0.39, 0.29) is 6.61 Å². The molecule has 0 saturated carbocycles. The molecule has 72 valence electrons. The number of hydrogen-bond donors (Lipinski definition) is 1. The summed E-state index contributed by atoms with van der Waals surface area (Å²) in [6.45, 7) is 11.7. The van der Waals surface area contributed by atoms with Gasteiger partial charge in [0.2, 0.25) is 0 Å². The predicted molar refractivity (Wildman–Crippen MR) is 58.0 cm³/mol. The standard InChI is InChI=1S/C10H22OSi/c1-6-9(2)10(7-8-11)12(3,4)5/h7,9,11H,6,8H2,1-5H3/b10-7-. The van der Waals surface area contributed by atoms with Crippen LogP contribution < -0.4 is 0 Å². The zero-order valence-electron chi connectivity index (χ0n) is 9.02. The molecule has 0 saturated heterocycles. The molecule has 0 aliphatic carbocycles. The van der Waals surface area contributed by atoms with Gasteiger partial charge in [0.15, 0.2) is 0 Å². The van der Waals surface area contributed by atoms with Gasteiger partial charge in [-0.15, -0.1) is 0 Å². The molecule has 0 aliphatic rings. The van der Waals surface area contributed by atoms with Crippen molar-refractivity contribution in [2.75, 3.05) is 6.61 Å². The highest BCUT2D eigenvalue weighted by atomic mass is 28.3. The summed E-state index contributed by atoms with van der Waals surface area (Å²) in [6, 6.07) is 0. The molecule has 0 aromatic carbocycles. The Balaban J connectivity index is 4.56. The predicted octanol–water partition coefficient (Wildman–Crippen LogP) is 2.83. The lowest BCUT2D eigenvalue weighted by atomic mass is 10.1. The molecule has 0 aliphatic heterocycles. The first-order valence-electron chi connectivity index (χ1n) is 4.74. The maximum Gasteiger partial charge on any atom is 0.0724 e. The fourth-order valence-corrected chi connectivity index (χ4v) is 3.95. The Morgan fingerprint density at radius 3 is 2.17 bits per heavy atom. The fraction of sp³-hybridized carbons (Fsp3) is 0.800. The van der Waals surface area contributed by atoms with Crippen LogP contribution in [0.1, 0.15) is 20.3 Å². The summed E-state index contributed by atoms with van der Waals surface area (Å²) in [6.07, 6.45) is 3.19. The molecule has 0 heterocycles. The quantitative estimate of drug-likeness (QED) is 0.669. The normalized spacial score (nSPS) is 16.3. The van der Waals surface area contributed by atoms with Crippen molar-refractivity contribution < 1.29 is 5.11 Å². The Kier molecular flexibility index (Phi) is 4.79. The zero-order chi connectivity index (χ0) is 9.78. The average molecular weight is 186 g/mol. The number of allylic oxidation sites excluding steroid dienone is 1. The third-order valence-corrected chi connectivity index (χ3v) is 4.75. The van der Waals surface area contributed by atoms with Gasteiger partial charge in [0, 0.05) is 0 Å². The third-order valence-electron chi connectivity index (χ3n) is 2.32. The number of aliphatic hydroxyl groups excluding tert-OH is 1. The third kappa shape index (κ3) is 3.54. The van der Waals surface area contributed by atoms with E-state index in [2.05, 4.69) is 33.5 Å². The average Bonchev–Trinajstić information content (AvgIpc) is 1.96. The molecule has 1 nitrogen and oxygen atoms in total. The van der Waals surface area contributed by atoms with E-state index in [0.717, 1.165) is 0 Å². The molecule has 0 aromatic heterocycles. The maximum absolute atomic E-state index is 8.89. The fourth-order valence-electron chi connectivity index (χ4n) is 1.56. The van der Waals surface area contributed by atoms with E-state index in [1.807, 2.05) is 6.08 Å². The van der Waals surface area contributed by atoms with E-state index < -0.39 is 8.07 Å². The highest BCUT2D eigenvalue weighted by Gasteiger charge is 2.22. The molecule has 0 bridgehead atoms. The summed E-state index contributed by atoms with van der Waals surface area (Å²) in [5.41, 5.74) is 0.